The van der Waals surface area contributed by atoms with E-state index in [1.54, 1.807) is 4.90 Å². The van der Waals surface area contributed by atoms with Crippen molar-refractivity contribution in [3.05, 3.63) is 30.1 Å². The van der Waals surface area contributed by atoms with E-state index >= 15 is 0 Å². The van der Waals surface area contributed by atoms with Crippen LogP contribution in [0.2, 0.25) is 0 Å². The molecule has 0 radical (unpaired) electrons. The van der Waals surface area contributed by atoms with Crippen molar-refractivity contribution in [1.82, 2.24) is 10.2 Å². The van der Waals surface area contributed by atoms with E-state index in [2.05, 4.69) is 10.6 Å². The van der Waals surface area contributed by atoms with Crippen LogP contribution in [0.15, 0.2) is 24.3 Å². The number of carbonyl (C=O) groups excluding carboxylic acids is 2. The summed E-state index contributed by atoms with van der Waals surface area (Å²) in [6.07, 6.45) is 0.0784. The molecule has 7 nitrogen and oxygen atoms in total. The number of anilines is 1. The molecule has 0 aromatic heterocycles. The van der Waals surface area contributed by atoms with Gasteiger partial charge < -0.3 is 15.7 Å². The number of aliphatic carboxylic acids is 1. The largest absolute Gasteiger partial charge is 0.480 e. The van der Waals surface area contributed by atoms with Crippen molar-refractivity contribution in [2.24, 2.45) is 0 Å². The number of amides is 2. The van der Waals surface area contributed by atoms with E-state index < -0.39 is 17.8 Å². The Bertz CT molecular complexity index is 577. The van der Waals surface area contributed by atoms with Crippen LogP contribution in [-0.2, 0) is 14.4 Å². The average Bonchev–Trinajstić information content (AvgIpc) is 2.51. The number of benzene rings is 1. The maximum absolute atomic E-state index is 12.8. The van der Waals surface area contributed by atoms with Crippen molar-refractivity contribution >= 4 is 23.5 Å². The van der Waals surface area contributed by atoms with Gasteiger partial charge in [0.1, 0.15) is 11.9 Å². The van der Waals surface area contributed by atoms with Crippen LogP contribution in [0.4, 0.5) is 10.1 Å². The van der Waals surface area contributed by atoms with E-state index in [0.717, 1.165) is 0 Å². The molecule has 0 bridgehead atoms. The zero-order chi connectivity index (χ0) is 18.1. The van der Waals surface area contributed by atoms with Gasteiger partial charge in [0.05, 0.1) is 0 Å². The van der Waals surface area contributed by atoms with Gasteiger partial charge in [0.2, 0.25) is 11.8 Å². The molecule has 1 aromatic rings. The third-order valence-electron chi connectivity index (χ3n) is 3.43. The number of halogens is 1. The molecule has 1 unspecified atom stereocenters. The summed E-state index contributed by atoms with van der Waals surface area (Å²) in [5.41, 5.74) is 0.470. The minimum atomic E-state index is -1.00. The van der Waals surface area contributed by atoms with Gasteiger partial charge in [-0.1, -0.05) is 0 Å². The van der Waals surface area contributed by atoms with Crippen molar-refractivity contribution in [3.63, 3.8) is 0 Å². The summed E-state index contributed by atoms with van der Waals surface area (Å²) in [6, 6.07) is 4.59. The Balaban J connectivity index is 2.52. The lowest BCUT2D eigenvalue weighted by molar-refractivity contribution is -0.142. The molecule has 0 fully saturated rings. The van der Waals surface area contributed by atoms with Crippen molar-refractivity contribution in [1.29, 1.82) is 0 Å². The lowest BCUT2D eigenvalue weighted by Crippen LogP contribution is -2.44. The Hall–Kier alpha value is -2.48. The maximum atomic E-state index is 12.8. The van der Waals surface area contributed by atoms with Crippen LogP contribution in [0.25, 0.3) is 0 Å². The molecule has 0 aliphatic rings. The molecule has 0 saturated carbocycles. The van der Waals surface area contributed by atoms with Crippen molar-refractivity contribution in [3.8, 4) is 0 Å². The highest BCUT2D eigenvalue weighted by atomic mass is 19.1. The van der Waals surface area contributed by atoms with Crippen LogP contribution in [-0.4, -0.2) is 53.5 Å². The standard InChI is InChI=1S/C16H22FN3O4/c1-11(16(23)24)20(10-8-18-12(2)21)9-7-15(22)19-14-5-3-13(17)4-6-14/h3-6,11H,7-10H2,1-2H3,(H,18,21)(H,19,22)(H,23,24). The molecule has 0 saturated heterocycles. The highest BCUT2D eigenvalue weighted by Crippen LogP contribution is 2.09. The van der Waals surface area contributed by atoms with Crippen LogP contribution >= 0.6 is 0 Å². The molecule has 1 atom stereocenters. The predicted octanol–water partition coefficient (Wildman–Crippen LogP) is 1.07. The van der Waals surface area contributed by atoms with E-state index in [0.29, 0.717) is 18.8 Å². The Morgan fingerprint density at radius 2 is 1.83 bits per heavy atom. The number of hydrogen-bond acceptors (Lipinski definition) is 4. The number of carboxylic acids is 1. The first-order chi connectivity index (χ1) is 11.3. The van der Waals surface area contributed by atoms with Gasteiger partial charge in [0, 0.05) is 38.7 Å². The molecule has 132 valence electrons. The Labute approximate surface area is 139 Å². The van der Waals surface area contributed by atoms with Gasteiger partial charge in [0.15, 0.2) is 0 Å². The van der Waals surface area contributed by atoms with Crippen LogP contribution in [0, 0.1) is 5.82 Å². The highest BCUT2D eigenvalue weighted by Gasteiger charge is 2.21. The molecule has 3 N–H and O–H groups in total. The number of carbonyl (C=O) groups is 3. The second kappa shape index (κ2) is 9.61. The van der Waals surface area contributed by atoms with Crippen LogP contribution in [0.5, 0.6) is 0 Å². The van der Waals surface area contributed by atoms with Crippen LogP contribution in [0.1, 0.15) is 20.3 Å². The quantitative estimate of drug-likeness (QED) is 0.625. The first-order valence-electron chi connectivity index (χ1n) is 7.56. The fourth-order valence-electron chi connectivity index (χ4n) is 2.03. The van der Waals surface area contributed by atoms with Crippen molar-refractivity contribution < 1.29 is 23.9 Å². The van der Waals surface area contributed by atoms with Gasteiger partial charge >= 0.3 is 5.97 Å². The van der Waals surface area contributed by atoms with Gasteiger partial charge in [-0.25, -0.2) is 4.39 Å². The summed E-state index contributed by atoms with van der Waals surface area (Å²) in [7, 11) is 0. The minimum absolute atomic E-state index is 0.0784. The Morgan fingerprint density at radius 1 is 1.21 bits per heavy atom. The van der Waals surface area contributed by atoms with Gasteiger partial charge in [-0.3, -0.25) is 19.3 Å². The SMILES string of the molecule is CC(=O)NCCN(CCC(=O)Nc1ccc(F)cc1)C(C)C(=O)O. The fourth-order valence-corrected chi connectivity index (χ4v) is 2.03. The van der Waals surface area contributed by atoms with E-state index in [9.17, 15) is 18.8 Å². The molecule has 24 heavy (non-hydrogen) atoms. The monoisotopic (exact) mass is 339 g/mol. The summed E-state index contributed by atoms with van der Waals surface area (Å²) in [5, 5.41) is 14.3. The van der Waals surface area contributed by atoms with E-state index in [1.807, 2.05) is 0 Å². The number of carboxylic acid groups (broad SMARTS) is 1. The van der Waals surface area contributed by atoms with Gasteiger partial charge in [-0.05, 0) is 31.2 Å². The van der Waals surface area contributed by atoms with Gasteiger partial charge in [-0.2, -0.15) is 0 Å². The molecule has 0 heterocycles. The molecule has 1 rings (SSSR count). The number of nitrogens with one attached hydrogen (secondary N) is 2. The Morgan fingerprint density at radius 3 is 2.38 bits per heavy atom. The summed E-state index contributed by atoms with van der Waals surface area (Å²) < 4.78 is 12.8. The highest BCUT2D eigenvalue weighted by molar-refractivity contribution is 5.90. The third kappa shape index (κ3) is 7.19. The fraction of sp³-hybridized carbons (Fsp3) is 0.438. The summed E-state index contributed by atoms with van der Waals surface area (Å²) >= 11 is 0. The van der Waals surface area contributed by atoms with Crippen LogP contribution in [0.3, 0.4) is 0 Å². The lowest BCUT2D eigenvalue weighted by Gasteiger charge is -2.26. The van der Waals surface area contributed by atoms with Crippen LogP contribution < -0.4 is 10.6 Å². The summed E-state index contributed by atoms with van der Waals surface area (Å²) in [4.78, 5) is 35.6. The maximum Gasteiger partial charge on any atom is 0.320 e. The van der Waals surface area contributed by atoms with E-state index in [-0.39, 0.29) is 24.8 Å². The normalized spacial score (nSPS) is 11.8. The van der Waals surface area contributed by atoms with Gasteiger partial charge in [0.25, 0.3) is 0 Å². The second-order valence-corrected chi connectivity index (χ2v) is 5.34. The first-order valence-corrected chi connectivity index (χ1v) is 7.56. The van der Waals surface area contributed by atoms with Gasteiger partial charge in [-0.15, -0.1) is 0 Å². The molecular weight excluding hydrogens is 317 g/mol. The molecule has 0 spiro atoms. The van der Waals surface area contributed by atoms with E-state index in [1.165, 1.54) is 38.1 Å². The predicted molar refractivity (Wildman–Crippen MR) is 87.0 cm³/mol. The summed E-state index contributed by atoms with van der Waals surface area (Å²) in [5.74, 6) is -1.90. The number of hydrogen-bond donors (Lipinski definition) is 3. The zero-order valence-corrected chi connectivity index (χ0v) is 13.7. The van der Waals surface area contributed by atoms with Crippen molar-refractivity contribution in [2.45, 2.75) is 26.3 Å². The van der Waals surface area contributed by atoms with E-state index in [4.69, 9.17) is 5.11 Å². The van der Waals surface area contributed by atoms with Crippen molar-refractivity contribution in [2.75, 3.05) is 25.0 Å². The zero-order valence-electron chi connectivity index (χ0n) is 13.7. The number of rotatable bonds is 9. The minimum Gasteiger partial charge on any atom is -0.480 e. The lowest BCUT2D eigenvalue weighted by atomic mass is 10.2. The number of nitrogens with zero attached hydrogens (tertiary/aromatic N) is 1. The molecule has 0 aliphatic heterocycles. The molecule has 1 aromatic carbocycles. The smallest absolute Gasteiger partial charge is 0.320 e. The topological polar surface area (TPSA) is 98.7 Å². The third-order valence-corrected chi connectivity index (χ3v) is 3.43. The first kappa shape index (κ1) is 19.6. The summed E-state index contributed by atoms with van der Waals surface area (Å²) in [6.45, 7) is 3.73. The molecule has 8 heteroatoms. The molecule has 2 amide bonds. The molecular formula is C16H22FN3O4. The average molecular weight is 339 g/mol. The Kier molecular flexibility index (Phi) is 7.84. The second-order valence-electron chi connectivity index (χ2n) is 5.34. The molecule has 0 aliphatic carbocycles.